The lowest BCUT2D eigenvalue weighted by molar-refractivity contribution is -0.138. The van der Waals surface area contributed by atoms with E-state index in [1.165, 1.54) is 12.0 Å². The van der Waals surface area contributed by atoms with Crippen molar-refractivity contribution in [1.29, 1.82) is 0 Å². The van der Waals surface area contributed by atoms with Crippen molar-refractivity contribution in [2.24, 2.45) is 5.92 Å². The number of ether oxygens (including phenoxy) is 1. The third kappa shape index (κ3) is 7.25. The van der Waals surface area contributed by atoms with E-state index < -0.39 is 12.1 Å². The molecule has 2 fully saturated rings. The van der Waals surface area contributed by atoms with Gasteiger partial charge in [-0.1, -0.05) is 50.1 Å². The molecule has 4 aromatic rings. The fourth-order valence-corrected chi connectivity index (χ4v) is 6.93. The largest absolute Gasteiger partial charge is 0.453 e. The number of benzene rings is 2. The van der Waals surface area contributed by atoms with Gasteiger partial charge in [-0.2, -0.15) is 0 Å². The molecule has 49 heavy (non-hydrogen) atoms. The van der Waals surface area contributed by atoms with E-state index in [9.17, 15) is 9.59 Å². The van der Waals surface area contributed by atoms with Crippen molar-refractivity contribution in [2.45, 2.75) is 64.6 Å². The van der Waals surface area contributed by atoms with Gasteiger partial charge in [0, 0.05) is 24.7 Å². The number of hydrogen-bond donors (Lipinski definition) is 3. The van der Waals surface area contributed by atoms with Gasteiger partial charge in [-0.3, -0.25) is 9.69 Å². The summed E-state index contributed by atoms with van der Waals surface area (Å²) in [6.45, 7) is 7.55. The van der Waals surface area contributed by atoms with E-state index in [0.29, 0.717) is 6.54 Å². The van der Waals surface area contributed by atoms with E-state index in [1.54, 1.807) is 13.2 Å². The number of likely N-dealkylation sites (N-methyl/N-ethyl adjacent to an activating group) is 1. The summed E-state index contributed by atoms with van der Waals surface area (Å²) in [5, 5.41) is 3.45. The minimum absolute atomic E-state index is 0.0885. The normalized spacial score (nSPS) is 17.6. The highest BCUT2D eigenvalue weighted by Gasteiger charge is 2.39. The molecular formula is C39H43N7O3. The number of amides is 2. The Labute approximate surface area is 288 Å². The molecule has 4 heterocycles. The van der Waals surface area contributed by atoms with E-state index >= 15 is 0 Å². The smallest absolute Gasteiger partial charge is 0.409 e. The van der Waals surface area contributed by atoms with Crippen molar-refractivity contribution in [3.63, 3.8) is 0 Å². The van der Waals surface area contributed by atoms with Gasteiger partial charge in [0.25, 0.3) is 0 Å². The van der Waals surface area contributed by atoms with Gasteiger partial charge in [0.15, 0.2) is 0 Å². The van der Waals surface area contributed by atoms with Crippen molar-refractivity contribution in [2.75, 3.05) is 27.2 Å². The Balaban J connectivity index is 1.27. The zero-order valence-electron chi connectivity index (χ0n) is 28.8. The summed E-state index contributed by atoms with van der Waals surface area (Å²) in [5.74, 6) is 14.0. The number of likely N-dealkylation sites (tertiary alicyclic amines) is 1. The Morgan fingerprint density at radius 2 is 1.76 bits per heavy atom. The average molecular weight is 658 g/mol. The average Bonchev–Trinajstić information content (AvgIpc) is 3.94. The SMILES string of the molecule is COC(=O)N(C)[C@H](C(=O)N1CCC[C@H]1c1ncc(-c2cc(C)c(C#CC#Cc3cnc([C@@H]4CCCN4)[nH]3)c(-c3ccccc3)c2)[nH]1)C(C)C. The summed E-state index contributed by atoms with van der Waals surface area (Å²) in [6.07, 6.45) is 6.93. The Morgan fingerprint density at radius 1 is 0.980 bits per heavy atom. The zero-order chi connectivity index (χ0) is 34.5. The van der Waals surface area contributed by atoms with Crippen molar-refractivity contribution >= 4 is 12.0 Å². The molecule has 0 aliphatic carbocycles. The number of methoxy groups -OCH3 is 1. The fourth-order valence-electron chi connectivity index (χ4n) is 6.93. The van der Waals surface area contributed by atoms with Crippen LogP contribution in [0.25, 0.3) is 22.4 Å². The molecule has 2 aromatic heterocycles. The molecule has 0 bridgehead atoms. The van der Waals surface area contributed by atoms with Gasteiger partial charge >= 0.3 is 6.09 Å². The van der Waals surface area contributed by atoms with Gasteiger partial charge in [0.2, 0.25) is 5.91 Å². The fraction of sp³-hybridized carbons (Fsp3) is 0.385. The molecule has 6 rings (SSSR count). The number of imidazole rings is 2. The van der Waals surface area contributed by atoms with Gasteiger partial charge in [-0.15, -0.1) is 0 Å². The Morgan fingerprint density at radius 3 is 2.49 bits per heavy atom. The molecule has 2 aromatic carbocycles. The van der Waals surface area contributed by atoms with Gasteiger partial charge in [-0.25, -0.2) is 14.8 Å². The summed E-state index contributed by atoms with van der Waals surface area (Å²) in [5.41, 5.74) is 6.55. The maximum Gasteiger partial charge on any atom is 0.409 e. The highest BCUT2D eigenvalue weighted by molar-refractivity contribution is 5.86. The Kier molecular flexibility index (Phi) is 10.2. The molecule has 3 N–H and O–H groups in total. The van der Waals surface area contributed by atoms with Crippen LogP contribution in [0.15, 0.2) is 54.9 Å². The van der Waals surface area contributed by atoms with Gasteiger partial charge in [0.1, 0.15) is 23.4 Å². The topological polar surface area (TPSA) is 119 Å². The highest BCUT2D eigenvalue weighted by Crippen LogP contribution is 2.35. The second-order valence-corrected chi connectivity index (χ2v) is 13.1. The first kappa shape index (κ1) is 33.6. The van der Waals surface area contributed by atoms with Crippen LogP contribution in [0.3, 0.4) is 0 Å². The second-order valence-electron chi connectivity index (χ2n) is 13.1. The Bertz CT molecular complexity index is 1930. The third-order valence-corrected chi connectivity index (χ3v) is 9.38. The van der Waals surface area contributed by atoms with E-state index in [0.717, 1.165) is 83.1 Å². The van der Waals surface area contributed by atoms with E-state index in [4.69, 9.17) is 9.72 Å². The first-order valence-electron chi connectivity index (χ1n) is 16.9. The molecule has 10 nitrogen and oxygen atoms in total. The van der Waals surface area contributed by atoms with Crippen LogP contribution in [-0.2, 0) is 9.53 Å². The van der Waals surface area contributed by atoms with Crippen molar-refractivity contribution in [1.82, 2.24) is 35.1 Å². The number of aryl methyl sites for hydroxylation is 1. The first-order chi connectivity index (χ1) is 23.7. The quantitative estimate of drug-likeness (QED) is 0.210. The van der Waals surface area contributed by atoms with E-state index in [1.807, 2.05) is 43.1 Å². The summed E-state index contributed by atoms with van der Waals surface area (Å²) in [4.78, 5) is 45.5. The number of nitrogens with zero attached hydrogens (tertiary/aromatic N) is 4. The highest BCUT2D eigenvalue weighted by atomic mass is 16.5. The maximum absolute atomic E-state index is 13.8. The maximum atomic E-state index is 13.8. The summed E-state index contributed by atoms with van der Waals surface area (Å²) in [6, 6.07) is 13.8. The van der Waals surface area contributed by atoms with Crippen LogP contribution in [0.2, 0.25) is 0 Å². The predicted octanol–water partition coefficient (Wildman–Crippen LogP) is 5.99. The molecule has 2 aliphatic rings. The second kappa shape index (κ2) is 14.8. The first-order valence-corrected chi connectivity index (χ1v) is 16.9. The minimum atomic E-state index is -0.636. The van der Waals surface area contributed by atoms with Crippen LogP contribution in [0.4, 0.5) is 4.79 Å². The number of carbonyl (C=O) groups excluding carboxylic acids is 2. The molecular weight excluding hydrogens is 614 g/mol. The molecule has 2 amide bonds. The van der Waals surface area contributed by atoms with Gasteiger partial charge in [-0.05, 0) is 91.7 Å². The van der Waals surface area contributed by atoms with Crippen LogP contribution < -0.4 is 5.32 Å². The lowest BCUT2D eigenvalue weighted by Crippen LogP contribution is -2.51. The number of nitrogens with one attached hydrogen (secondary N) is 3. The third-order valence-electron chi connectivity index (χ3n) is 9.38. The summed E-state index contributed by atoms with van der Waals surface area (Å²) >= 11 is 0. The summed E-state index contributed by atoms with van der Waals surface area (Å²) < 4.78 is 4.92. The number of H-pyrrole nitrogens is 2. The molecule has 2 saturated heterocycles. The molecule has 0 radical (unpaired) electrons. The Hall–Kier alpha value is -5.32. The van der Waals surface area contributed by atoms with Crippen LogP contribution in [0, 0.1) is 36.5 Å². The number of aromatic amines is 2. The van der Waals surface area contributed by atoms with Crippen molar-refractivity contribution in [3.8, 4) is 46.1 Å². The lowest BCUT2D eigenvalue weighted by atomic mass is 9.93. The lowest BCUT2D eigenvalue weighted by Gasteiger charge is -2.34. The molecule has 10 heteroatoms. The molecule has 3 atom stereocenters. The van der Waals surface area contributed by atoms with Gasteiger partial charge in [0.05, 0.1) is 37.3 Å². The molecule has 2 aliphatic heterocycles. The predicted molar refractivity (Wildman–Crippen MR) is 189 cm³/mol. The number of carbonyl (C=O) groups is 2. The van der Waals surface area contributed by atoms with Crippen molar-refractivity contribution < 1.29 is 14.3 Å². The standard InChI is InChI=1S/C39H43N7O3/c1-25(2)35(45(4)39(48)49-5)38(47)46-20-12-18-34(46)37-42-24-33(44-37)28-21-26(3)30(31(22-28)27-13-7-6-8-14-27)16-10-9-15-29-23-41-36(43-29)32-17-11-19-40-32/h6-8,13-14,21-25,32,34-35,40H,11-12,17-20H2,1-5H3,(H,41,43)(H,42,44)/t32-,34-,35-/m0/s1. The van der Waals surface area contributed by atoms with Crippen LogP contribution in [-0.4, -0.2) is 75.0 Å². The summed E-state index contributed by atoms with van der Waals surface area (Å²) in [7, 11) is 2.94. The number of rotatable bonds is 7. The number of aromatic nitrogens is 4. The van der Waals surface area contributed by atoms with Crippen molar-refractivity contribution in [3.05, 3.63) is 83.3 Å². The molecule has 0 saturated carbocycles. The molecule has 0 unspecified atom stereocenters. The molecule has 0 spiro atoms. The monoisotopic (exact) mass is 657 g/mol. The zero-order valence-corrected chi connectivity index (χ0v) is 28.8. The number of hydrogen-bond acceptors (Lipinski definition) is 6. The van der Waals surface area contributed by atoms with E-state index in [2.05, 4.69) is 75.1 Å². The minimum Gasteiger partial charge on any atom is -0.453 e. The van der Waals surface area contributed by atoms with Crippen LogP contribution in [0.1, 0.15) is 80.1 Å². The molecule has 252 valence electrons. The van der Waals surface area contributed by atoms with Crippen LogP contribution >= 0.6 is 0 Å². The van der Waals surface area contributed by atoms with Crippen LogP contribution in [0.5, 0.6) is 0 Å². The van der Waals surface area contributed by atoms with E-state index in [-0.39, 0.29) is 23.9 Å². The van der Waals surface area contributed by atoms with Gasteiger partial charge < -0.3 is 24.9 Å².